The molecule has 12 aromatic heterocycles. The highest BCUT2D eigenvalue weighted by Gasteiger charge is 2.30. The highest BCUT2D eigenvalue weighted by atomic mass is 32.1. The molecular formula is C126H72N12O3S3. The van der Waals surface area contributed by atoms with E-state index in [1.165, 1.54) is 60.5 Å². The molecule has 0 bridgehead atoms. The van der Waals surface area contributed by atoms with Gasteiger partial charge in [-0.3, -0.25) is 9.97 Å². The van der Waals surface area contributed by atoms with Crippen LogP contribution in [0.2, 0.25) is 0 Å². The molecule has 0 fully saturated rings. The van der Waals surface area contributed by atoms with E-state index in [0.29, 0.717) is 69.4 Å². The molecule has 30 aromatic rings. The van der Waals surface area contributed by atoms with Crippen molar-refractivity contribution in [1.29, 1.82) is 0 Å². The average Bonchev–Trinajstić information content (AvgIpc) is 1.57. The van der Waals surface area contributed by atoms with E-state index in [4.69, 9.17) is 73.1 Å². The molecule has 0 radical (unpaired) electrons. The number of fused-ring (bicyclic) bond motifs is 21. The summed E-state index contributed by atoms with van der Waals surface area (Å²) >= 11 is 5.39. The fraction of sp³-hybridized carbons (Fsp3) is 0. The highest BCUT2D eigenvalue weighted by Crippen LogP contribution is 2.52. The Morgan fingerprint density at radius 3 is 0.965 bits per heavy atom. The van der Waals surface area contributed by atoms with E-state index >= 15 is 0 Å². The van der Waals surface area contributed by atoms with E-state index < -0.39 is 0 Å². The highest BCUT2D eigenvalue weighted by molar-refractivity contribution is 7.27. The van der Waals surface area contributed by atoms with Gasteiger partial charge in [0, 0.05) is 178 Å². The van der Waals surface area contributed by atoms with Crippen LogP contribution >= 0.6 is 34.0 Å². The van der Waals surface area contributed by atoms with Crippen LogP contribution in [-0.2, 0) is 0 Å². The lowest BCUT2D eigenvalue weighted by Gasteiger charge is -2.11. The first-order chi connectivity index (χ1) is 71.3. The summed E-state index contributed by atoms with van der Waals surface area (Å²) in [6, 6.07) is 145. The summed E-state index contributed by atoms with van der Waals surface area (Å²) in [4.78, 5) is 60.6. The summed E-state index contributed by atoms with van der Waals surface area (Å²) in [6.45, 7) is 0. The van der Waals surface area contributed by atoms with E-state index in [-0.39, 0.29) is 0 Å². The maximum atomic E-state index is 6.85. The van der Waals surface area contributed by atoms with Gasteiger partial charge in [0.2, 0.25) is 5.71 Å². The zero-order chi connectivity index (χ0) is 94.8. The van der Waals surface area contributed by atoms with Crippen LogP contribution in [0.3, 0.4) is 0 Å². The van der Waals surface area contributed by atoms with E-state index in [1.54, 1.807) is 22.7 Å². The number of rotatable bonds is 12. The van der Waals surface area contributed by atoms with Crippen molar-refractivity contribution in [3.05, 3.63) is 437 Å². The summed E-state index contributed by atoms with van der Waals surface area (Å²) in [5.74, 6) is 5.23. The van der Waals surface area contributed by atoms with Crippen LogP contribution in [0.25, 0.3) is 295 Å². The number of pyridine rings is 3. The summed E-state index contributed by atoms with van der Waals surface area (Å²) in [7, 11) is 0. The molecule has 0 saturated carbocycles. The maximum Gasteiger partial charge on any atom is 0.227 e. The van der Waals surface area contributed by atoms with Crippen LogP contribution in [0.5, 0.6) is 0 Å². The van der Waals surface area contributed by atoms with Crippen molar-refractivity contribution in [2.45, 2.75) is 0 Å². The molecule has 0 amide bonds. The van der Waals surface area contributed by atoms with Crippen LogP contribution in [0.15, 0.2) is 450 Å². The molecule has 0 aliphatic rings. The van der Waals surface area contributed by atoms with Crippen LogP contribution < -0.4 is 0 Å². The first-order valence-electron chi connectivity index (χ1n) is 47.4. The first kappa shape index (κ1) is 83.4. The minimum atomic E-state index is 0.496. The number of furan rings is 3. The smallest absolute Gasteiger partial charge is 0.227 e. The van der Waals surface area contributed by atoms with Crippen molar-refractivity contribution in [3.8, 4) is 136 Å². The number of hydrogen-bond acceptors (Lipinski definition) is 18. The lowest BCUT2D eigenvalue weighted by Crippen LogP contribution is -2.01. The quantitative estimate of drug-likeness (QED) is 0.112. The summed E-state index contributed by atoms with van der Waals surface area (Å²) in [5.41, 5.74) is 19.1. The Morgan fingerprint density at radius 2 is 0.500 bits per heavy atom. The van der Waals surface area contributed by atoms with Crippen LogP contribution in [-0.4, -0.2) is 59.8 Å². The largest absolute Gasteiger partial charge is 0.455 e. The van der Waals surface area contributed by atoms with Gasteiger partial charge in [-0.2, -0.15) is 0 Å². The zero-order valence-corrected chi connectivity index (χ0v) is 78.8. The second kappa shape index (κ2) is 34.7. The predicted octanol–water partition coefficient (Wildman–Crippen LogP) is 34.1. The standard InChI is InChI=1S/3C42H24N4OS/c1-3-12-25(13-4-1)39-44-40(26-14-5-2-6-15-26)46-41(45-39)32-23-22-29(31-19-11-18-30-28-17-8-10-21-35(28)48-38(30)31)37-36(32)33-24-27-16-7-9-20-34(27)43-42(33)47-37;1-3-12-25(13-4-1)40-44-41(26-14-5-2-6-15-26)46-42(45-40)33-24-43-37(31-20-11-19-30-29-18-9-10-21-35(29)48-39(30)31)38-36(33)32-22-27-16-7-8-17-28(27)23-34(32)47-38;1-3-12-25(13-4-1)40-44-41(26-14-5-2-6-15-26)46-42(45-40)37-36-32-22-27-16-7-8-17-28(27)23-34(32)47-38(36)33(24-43-37)31-20-11-19-30-29-18-9-10-21-35(29)48-39(30)31/h3*1-24H. The minimum Gasteiger partial charge on any atom is -0.455 e. The Kier molecular flexibility index (Phi) is 20.1. The van der Waals surface area contributed by atoms with E-state index in [9.17, 15) is 0 Å². The number of thiophene rings is 3. The van der Waals surface area contributed by atoms with Crippen molar-refractivity contribution in [1.82, 2.24) is 59.8 Å². The monoisotopic (exact) mass is 1900 g/mol. The van der Waals surface area contributed by atoms with Crippen molar-refractivity contribution in [2.75, 3.05) is 0 Å². The number of para-hydroxylation sites is 1. The van der Waals surface area contributed by atoms with Crippen LogP contribution in [0.4, 0.5) is 0 Å². The van der Waals surface area contributed by atoms with Gasteiger partial charge in [0.05, 0.1) is 10.9 Å². The predicted molar refractivity (Wildman–Crippen MR) is 591 cm³/mol. The number of benzene rings is 18. The van der Waals surface area contributed by atoms with Crippen molar-refractivity contribution in [2.24, 2.45) is 0 Å². The molecule has 0 N–H and O–H groups in total. The molecule has 0 saturated heterocycles. The Labute approximate surface area is 832 Å². The Morgan fingerprint density at radius 1 is 0.181 bits per heavy atom. The van der Waals surface area contributed by atoms with Gasteiger partial charge in [-0.15, -0.1) is 34.0 Å². The van der Waals surface area contributed by atoms with Gasteiger partial charge < -0.3 is 13.3 Å². The van der Waals surface area contributed by atoms with E-state index in [0.717, 1.165) is 165 Å². The van der Waals surface area contributed by atoms with E-state index in [2.05, 4.69) is 224 Å². The van der Waals surface area contributed by atoms with Crippen molar-refractivity contribution >= 4 is 193 Å². The van der Waals surface area contributed by atoms with Gasteiger partial charge in [0.1, 0.15) is 33.7 Å². The Balaban J connectivity index is 0.000000105. The molecule has 18 aromatic carbocycles. The molecule has 12 heterocycles. The van der Waals surface area contributed by atoms with E-state index in [1.807, 2.05) is 224 Å². The van der Waals surface area contributed by atoms with Crippen LogP contribution in [0.1, 0.15) is 0 Å². The summed E-state index contributed by atoms with van der Waals surface area (Å²) in [6.07, 6.45) is 3.83. The molecule has 0 atom stereocenters. The molecule has 15 nitrogen and oxygen atoms in total. The van der Waals surface area contributed by atoms with Crippen molar-refractivity contribution < 1.29 is 13.3 Å². The molecule has 672 valence electrons. The third-order valence-corrected chi connectivity index (χ3v) is 30.5. The van der Waals surface area contributed by atoms with Gasteiger partial charge in [-0.05, 0) is 88.3 Å². The Hall–Kier alpha value is -18.7. The van der Waals surface area contributed by atoms with Crippen LogP contribution in [0, 0.1) is 0 Å². The first-order valence-corrected chi connectivity index (χ1v) is 49.9. The molecule has 144 heavy (non-hydrogen) atoms. The normalized spacial score (nSPS) is 11.8. The second-order valence-corrected chi connectivity index (χ2v) is 38.7. The minimum absolute atomic E-state index is 0.496. The Bertz CT molecular complexity index is 9290. The molecular weight excluding hydrogens is 1830 g/mol. The van der Waals surface area contributed by atoms with Gasteiger partial charge in [-0.25, -0.2) is 49.8 Å². The SMILES string of the molecule is c1ccc(-c2nc(-c3ccccc3)nc(-c3ccc(-c4cccc5c4sc4ccccc45)c4oc5nc6ccccc6cc5c34)n2)cc1.c1ccc(-c2nc(-c3ccccc3)nc(-c3cnc(-c4cccc5c4sc4ccccc45)c4oc5cc6ccccc6cc5c34)n2)cc1.c1ccc(-c2nc(-c3ccccc3)nc(-c3ncc(-c4cccc5c4sc4ccccc45)c4oc5cc6ccccc6cc5c34)n2)cc1. The van der Waals surface area contributed by atoms with Crippen molar-refractivity contribution in [3.63, 3.8) is 0 Å². The van der Waals surface area contributed by atoms with Gasteiger partial charge in [-0.1, -0.05) is 358 Å². The lowest BCUT2D eigenvalue weighted by atomic mass is 9.97. The maximum absolute atomic E-state index is 6.85. The summed E-state index contributed by atoms with van der Waals surface area (Å²) in [5, 5.41) is 18.6. The number of hydrogen-bond donors (Lipinski definition) is 0. The molecule has 18 heteroatoms. The molecule has 0 aliphatic heterocycles. The molecule has 30 rings (SSSR count). The fourth-order valence-corrected chi connectivity index (χ4v) is 23.8. The number of nitrogens with zero attached hydrogens (tertiary/aromatic N) is 12. The molecule has 0 spiro atoms. The molecule has 0 unspecified atom stereocenters. The third kappa shape index (κ3) is 14.5. The summed E-state index contributed by atoms with van der Waals surface area (Å²) < 4.78 is 27.8. The van der Waals surface area contributed by atoms with Gasteiger partial charge >= 0.3 is 0 Å². The van der Waals surface area contributed by atoms with Gasteiger partial charge in [0.25, 0.3) is 0 Å². The second-order valence-electron chi connectivity index (χ2n) is 35.5. The lowest BCUT2D eigenvalue weighted by molar-refractivity contribution is 0.657. The van der Waals surface area contributed by atoms with Gasteiger partial charge in [0.15, 0.2) is 58.0 Å². The topological polar surface area (TPSA) is 194 Å². The molecule has 0 aliphatic carbocycles. The average molecular weight is 1900 g/mol. The number of aromatic nitrogens is 12. The fourth-order valence-electron chi connectivity index (χ4n) is 20.1. The third-order valence-electron chi connectivity index (χ3n) is 26.9. The zero-order valence-electron chi connectivity index (χ0n) is 76.4.